The minimum atomic E-state index is 0.579. The van der Waals surface area contributed by atoms with Crippen LogP contribution in [0.5, 0.6) is 0 Å². The highest BCUT2D eigenvalue weighted by Gasteiger charge is 2.32. The van der Waals surface area contributed by atoms with E-state index in [0.29, 0.717) is 6.04 Å². The summed E-state index contributed by atoms with van der Waals surface area (Å²) in [6, 6.07) is 12.0. The Morgan fingerprint density at radius 1 is 1.14 bits per heavy atom. The Kier molecular flexibility index (Phi) is 4.46. The third-order valence-electron chi connectivity index (χ3n) is 4.43. The monoisotopic (exact) mass is 299 g/mol. The van der Waals surface area contributed by atoms with Crippen molar-refractivity contribution in [1.82, 2.24) is 5.32 Å². The maximum absolute atomic E-state index is 3.74. The van der Waals surface area contributed by atoms with Gasteiger partial charge in [-0.05, 0) is 74.4 Å². The second-order valence-electron chi connectivity index (χ2n) is 6.27. The second kappa shape index (κ2) is 6.33. The van der Waals surface area contributed by atoms with Gasteiger partial charge in [-0.25, -0.2) is 0 Å². The lowest BCUT2D eigenvalue weighted by molar-refractivity contribution is 0.488. The van der Waals surface area contributed by atoms with E-state index < -0.39 is 0 Å². The maximum Gasteiger partial charge on any atom is 0.0443 e. The minimum Gasteiger partial charge on any atom is -0.309 e. The highest BCUT2D eigenvalue weighted by molar-refractivity contribution is 7.15. The Morgan fingerprint density at radius 3 is 2.62 bits per heavy atom. The summed E-state index contributed by atoms with van der Waals surface area (Å²) in [5.41, 5.74) is 4.11. The standard InChI is InChI=1S/C19H25NS/c1-4-11-20-19(15-7-8-15)18-10-9-17(21-18)16-6-5-13(2)14(3)12-16/h5-6,9-10,12,15,19-20H,4,7-8,11H2,1-3H3. The van der Waals surface area contributed by atoms with E-state index in [4.69, 9.17) is 0 Å². The van der Waals surface area contributed by atoms with Gasteiger partial charge in [0.1, 0.15) is 0 Å². The lowest BCUT2D eigenvalue weighted by Gasteiger charge is -2.16. The normalized spacial score (nSPS) is 16.1. The number of nitrogens with one attached hydrogen (secondary N) is 1. The fourth-order valence-corrected chi connectivity index (χ4v) is 3.97. The van der Waals surface area contributed by atoms with Gasteiger partial charge in [-0.2, -0.15) is 0 Å². The lowest BCUT2D eigenvalue weighted by atomic mass is 10.1. The lowest BCUT2D eigenvalue weighted by Crippen LogP contribution is -2.22. The molecule has 1 N–H and O–H groups in total. The average molecular weight is 299 g/mol. The summed E-state index contributed by atoms with van der Waals surface area (Å²) in [6.45, 7) is 7.74. The maximum atomic E-state index is 3.74. The zero-order valence-corrected chi connectivity index (χ0v) is 14.1. The molecule has 0 amide bonds. The molecular formula is C19H25NS. The van der Waals surface area contributed by atoms with Crippen LogP contribution in [0.3, 0.4) is 0 Å². The summed E-state index contributed by atoms with van der Waals surface area (Å²) in [5, 5.41) is 3.74. The van der Waals surface area contributed by atoms with Crippen LogP contribution in [0.25, 0.3) is 10.4 Å². The van der Waals surface area contributed by atoms with E-state index >= 15 is 0 Å². The number of aryl methyl sites for hydroxylation is 2. The molecule has 1 heterocycles. The summed E-state index contributed by atoms with van der Waals surface area (Å²) in [6.07, 6.45) is 3.98. The number of hydrogen-bond donors (Lipinski definition) is 1. The first kappa shape index (κ1) is 14.8. The van der Waals surface area contributed by atoms with Gasteiger partial charge in [-0.1, -0.05) is 25.1 Å². The van der Waals surface area contributed by atoms with Crippen LogP contribution in [-0.4, -0.2) is 6.54 Å². The van der Waals surface area contributed by atoms with Gasteiger partial charge in [0.25, 0.3) is 0 Å². The molecule has 1 atom stereocenters. The van der Waals surface area contributed by atoms with Crippen LogP contribution >= 0.6 is 11.3 Å². The van der Waals surface area contributed by atoms with Gasteiger partial charge in [0, 0.05) is 15.8 Å². The van der Waals surface area contributed by atoms with E-state index in [-0.39, 0.29) is 0 Å². The van der Waals surface area contributed by atoms with Gasteiger partial charge in [0.05, 0.1) is 0 Å². The Morgan fingerprint density at radius 2 is 1.95 bits per heavy atom. The Hall–Kier alpha value is -1.12. The predicted molar refractivity (Wildman–Crippen MR) is 93.0 cm³/mol. The van der Waals surface area contributed by atoms with Crippen molar-refractivity contribution in [2.24, 2.45) is 5.92 Å². The first-order valence-corrected chi connectivity index (χ1v) is 8.91. The topological polar surface area (TPSA) is 12.0 Å². The van der Waals surface area contributed by atoms with E-state index in [1.807, 2.05) is 11.3 Å². The highest BCUT2D eigenvalue weighted by Crippen LogP contribution is 2.44. The molecule has 0 saturated heterocycles. The summed E-state index contributed by atoms with van der Waals surface area (Å²) in [7, 11) is 0. The SMILES string of the molecule is CCCNC(c1ccc(-c2ccc(C)c(C)c2)s1)C1CC1. The molecule has 0 bridgehead atoms. The van der Waals surface area contributed by atoms with Crippen molar-refractivity contribution in [3.05, 3.63) is 46.3 Å². The molecule has 1 aromatic heterocycles. The van der Waals surface area contributed by atoms with Crippen LogP contribution in [-0.2, 0) is 0 Å². The molecule has 0 aliphatic heterocycles. The van der Waals surface area contributed by atoms with Gasteiger partial charge in [-0.3, -0.25) is 0 Å². The van der Waals surface area contributed by atoms with Crippen LogP contribution in [0, 0.1) is 19.8 Å². The highest BCUT2D eigenvalue weighted by atomic mass is 32.1. The molecule has 112 valence electrons. The van der Waals surface area contributed by atoms with E-state index in [9.17, 15) is 0 Å². The summed E-state index contributed by atoms with van der Waals surface area (Å²) >= 11 is 1.96. The molecule has 1 aliphatic carbocycles. The molecule has 1 unspecified atom stereocenters. The largest absolute Gasteiger partial charge is 0.309 e. The van der Waals surface area contributed by atoms with Crippen molar-refractivity contribution in [3.8, 4) is 10.4 Å². The van der Waals surface area contributed by atoms with E-state index in [1.54, 1.807) is 0 Å². The summed E-state index contributed by atoms with van der Waals surface area (Å²) in [5.74, 6) is 0.864. The van der Waals surface area contributed by atoms with Gasteiger partial charge in [-0.15, -0.1) is 11.3 Å². The van der Waals surface area contributed by atoms with Crippen molar-refractivity contribution >= 4 is 11.3 Å². The minimum absolute atomic E-state index is 0.579. The second-order valence-corrected chi connectivity index (χ2v) is 7.39. The first-order chi connectivity index (χ1) is 10.2. The van der Waals surface area contributed by atoms with Crippen LogP contribution in [0.15, 0.2) is 30.3 Å². The molecular weight excluding hydrogens is 274 g/mol. The summed E-state index contributed by atoms with van der Waals surface area (Å²) in [4.78, 5) is 2.91. The number of benzene rings is 1. The quantitative estimate of drug-likeness (QED) is 0.744. The zero-order valence-electron chi connectivity index (χ0n) is 13.3. The molecule has 1 aromatic carbocycles. The summed E-state index contributed by atoms with van der Waals surface area (Å²) < 4.78 is 0. The van der Waals surface area contributed by atoms with Crippen molar-refractivity contribution in [1.29, 1.82) is 0 Å². The molecule has 0 spiro atoms. The molecule has 3 rings (SSSR count). The zero-order chi connectivity index (χ0) is 14.8. The Labute approximate surface area is 132 Å². The molecule has 1 fully saturated rings. The Balaban J connectivity index is 1.82. The molecule has 2 heteroatoms. The van der Waals surface area contributed by atoms with Crippen LogP contribution in [0.1, 0.15) is 48.2 Å². The smallest absolute Gasteiger partial charge is 0.0443 e. The molecule has 1 aliphatic rings. The third kappa shape index (κ3) is 3.38. The van der Waals surface area contributed by atoms with Gasteiger partial charge >= 0.3 is 0 Å². The van der Waals surface area contributed by atoms with Crippen LogP contribution in [0.4, 0.5) is 0 Å². The molecule has 1 saturated carbocycles. The molecule has 0 radical (unpaired) electrons. The van der Waals surface area contributed by atoms with Crippen molar-refractivity contribution in [2.75, 3.05) is 6.54 Å². The third-order valence-corrected chi connectivity index (χ3v) is 5.65. The average Bonchev–Trinajstić information content (AvgIpc) is 3.20. The van der Waals surface area contributed by atoms with Gasteiger partial charge < -0.3 is 5.32 Å². The molecule has 21 heavy (non-hydrogen) atoms. The molecule has 2 aromatic rings. The molecule has 1 nitrogen and oxygen atoms in total. The van der Waals surface area contributed by atoms with Crippen molar-refractivity contribution in [3.63, 3.8) is 0 Å². The van der Waals surface area contributed by atoms with Crippen molar-refractivity contribution in [2.45, 2.75) is 46.1 Å². The van der Waals surface area contributed by atoms with E-state index in [0.717, 1.165) is 12.5 Å². The van der Waals surface area contributed by atoms with Gasteiger partial charge in [0.15, 0.2) is 0 Å². The van der Waals surface area contributed by atoms with Crippen LogP contribution < -0.4 is 5.32 Å². The van der Waals surface area contributed by atoms with Gasteiger partial charge in [0.2, 0.25) is 0 Å². The van der Waals surface area contributed by atoms with E-state index in [2.05, 4.69) is 56.4 Å². The Bertz CT molecular complexity index is 610. The number of thiophene rings is 1. The fourth-order valence-electron chi connectivity index (χ4n) is 2.80. The van der Waals surface area contributed by atoms with Crippen molar-refractivity contribution < 1.29 is 0 Å². The predicted octanol–water partition coefficient (Wildman–Crippen LogP) is 5.48. The first-order valence-electron chi connectivity index (χ1n) is 8.09. The number of rotatable bonds is 6. The fraction of sp³-hybridized carbons (Fsp3) is 0.474. The van der Waals surface area contributed by atoms with E-state index in [1.165, 1.54) is 45.7 Å². The van der Waals surface area contributed by atoms with Crippen LogP contribution in [0.2, 0.25) is 0 Å². The number of hydrogen-bond acceptors (Lipinski definition) is 2.